The molecule has 29 heavy (non-hydrogen) atoms. The Kier molecular flexibility index (Phi) is 9.48. The maximum absolute atomic E-state index is 11.3. The third-order valence-corrected chi connectivity index (χ3v) is 5.77. The molecule has 0 aliphatic carbocycles. The van der Waals surface area contributed by atoms with Gasteiger partial charge in [-0.2, -0.15) is 8.42 Å². The number of unbranched alkanes of at least 4 members (excludes halogenated alkanes) is 8. The molecule has 0 saturated heterocycles. The van der Waals surface area contributed by atoms with E-state index in [9.17, 15) is 13.5 Å². The summed E-state index contributed by atoms with van der Waals surface area (Å²) in [6.45, 7) is 2.23. The fourth-order valence-electron chi connectivity index (χ4n) is 3.26. The summed E-state index contributed by atoms with van der Waals surface area (Å²) in [4.78, 5) is -0.250. The fourth-order valence-corrected chi connectivity index (χ4v) is 3.78. The van der Waals surface area contributed by atoms with Crippen molar-refractivity contribution in [3.63, 3.8) is 0 Å². The lowest BCUT2D eigenvalue weighted by atomic mass is 10.0. The van der Waals surface area contributed by atoms with Gasteiger partial charge in [0.15, 0.2) is 11.5 Å². The number of hydrogen-bond donors (Lipinski definition) is 2. The van der Waals surface area contributed by atoms with Crippen molar-refractivity contribution in [1.29, 1.82) is 0 Å². The first kappa shape index (κ1) is 23.2. The molecular formula is C23H32O5S. The lowest BCUT2D eigenvalue weighted by Crippen LogP contribution is -1.98. The molecule has 0 spiro atoms. The quantitative estimate of drug-likeness (QED) is 0.285. The van der Waals surface area contributed by atoms with Gasteiger partial charge in [0.25, 0.3) is 10.1 Å². The average molecular weight is 421 g/mol. The summed E-state index contributed by atoms with van der Waals surface area (Å²) in [5, 5.41) is 10.1. The van der Waals surface area contributed by atoms with Crippen LogP contribution in [-0.4, -0.2) is 18.1 Å². The van der Waals surface area contributed by atoms with Crippen molar-refractivity contribution in [1.82, 2.24) is 0 Å². The molecule has 0 saturated carbocycles. The number of aryl methyl sites for hydroxylation is 1. The molecule has 0 aliphatic rings. The van der Waals surface area contributed by atoms with Crippen molar-refractivity contribution in [2.75, 3.05) is 0 Å². The predicted octanol–water partition coefficient (Wildman–Crippen LogP) is 6.50. The smallest absolute Gasteiger partial charge is 0.294 e. The fraction of sp³-hybridized carbons (Fsp3) is 0.478. The first-order chi connectivity index (χ1) is 13.9. The summed E-state index contributed by atoms with van der Waals surface area (Å²) in [7, 11) is -4.31. The van der Waals surface area contributed by atoms with Gasteiger partial charge in [-0.25, -0.2) is 0 Å². The van der Waals surface area contributed by atoms with Crippen LogP contribution in [0, 0.1) is 0 Å². The molecule has 0 unspecified atom stereocenters. The summed E-state index contributed by atoms with van der Waals surface area (Å²) in [5.74, 6) is 0.486. The summed E-state index contributed by atoms with van der Waals surface area (Å²) < 4.78 is 37.3. The lowest BCUT2D eigenvalue weighted by molar-refractivity contribution is 0.409. The second-order valence-electron chi connectivity index (χ2n) is 7.43. The minimum atomic E-state index is -4.31. The minimum absolute atomic E-state index is 0.0157. The molecule has 0 aliphatic heterocycles. The van der Waals surface area contributed by atoms with Crippen LogP contribution in [0.2, 0.25) is 0 Å². The number of ether oxygens (including phenoxy) is 1. The van der Waals surface area contributed by atoms with Crippen LogP contribution in [0.3, 0.4) is 0 Å². The second kappa shape index (κ2) is 11.8. The molecule has 2 N–H and O–H groups in total. The van der Waals surface area contributed by atoms with E-state index < -0.39 is 10.1 Å². The minimum Gasteiger partial charge on any atom is -0.504 e. The highest BCUT2D eigenvalue weighted by molar-refractivity contribution is 7.85. The molecule has 0 heterocycles. The highest BCUT2D eigenvalue weighted by Gasteiger charge is 2.12. The Hall–Kier alpha value is -2.05. The summed E-state index contributed by atoms with van der Waals surface area (Å²) in [6.07, 6.45) is 12.3. The molecule has 0 bridgehead atoms. The molecule has 2 rings (SSSR count). The van der Waals surface area contributed by atoms with Crippen molar-refractivity contribution in [2.45, 2.75) is 76.0 Å². The van der Waals surface area contributed by atoms with E-state index in [-0.39, 0.29) is 22.1 Å². The van der Waals surface area contributed by atoms with E-state index in [1.54, 1.807) is 18.2 Å². The number of rotatable bonds is 13. The SMILES string of the molecule is CCCCCCCCCCCc1ccc(O)c(Oc2cccc(S(=O)(=O)O)c2)c1. The zero-order valence-corrected chi connectivity index (χ0v) is 18.0. The third-order valence-electron chi connectivity index (χ3n) is 4.92. The molecule has 0 fully saturated rings. The van der Waals surface area contributed by atoms with Gasteiger partial charge in [-0.1, -0.05) is 70.4 Å². The molecule has 0 radical (unpaired) electrons. The van der Waals surface area contributed by atoms with E-state index in [0.717, 1.165) is 18.4 Å². The Bertz CT molecular complexity index is 861. The van der Waals surface area contributed by atoms with Gasteiger partial charge in [0.1, 0.15) is 5.75 Å². The van der Waals surface area contributed by atoms with Gasteiger partial charge in [0, 0.05) is 6.07 Å². The van der Waals surface area contributed by atoms with Crippen molar-refractivity contribution >= 4 is 10.1 Å². The number of aromatic hydroxyl groups is 1. The first-order valence-electron chi connectivity index (χ1n) is 10.5. The van der Waals surface area contributed by atoms with Crippen LogP contribution in [0.4, 0.5) is 0 Å². The van der Waals surface area contributed by atoms with Gasteiger partial charge in [-0.15, -0.1) is 0 Å². The molecule has 160 valence electrons. The normalized spacial score (nSPS) is 11.5. The van der Waals surface area contributed by atoms with E-state index in [0.29, 0.717) is 0 Å². The topological polar surface area (TPSA) is 83.8 Å². The Morgan fingerprint density at radius 2 is 1.52 bits per heavy atom. The van der Waals surface area contributed by atoms with Gasteiger partial charge in [0.05, 0.1) is 4.90 Å². The average Bonchev–Trinajstić information content (AvgIpc) is 2.68. The molecule has 2 aromatic carbocycles. The maximum atomic E-state index is 11.3. The van der Waals surface area contributed by atoms with Crippen molar-refractivity contribution in [2.24, 2.45) is 0 Å². The van der Waals surface area contributed by atoms with E-state index in [1.807, 2.05) is 6.07 Å². The molecular weight excluding hydrogens is 388 g/mol. The highest BCUT2D eigenvalue weighted by Crippen LogP contribution is 2.32. The molecule has 2 aromatic rings. The monoisotopic (exact) mass is 420 g/mol. The standard InChI is InChI=1S/C23H32O5S/c1-2-3-4-5-6-7-8-9-10-12-19-15-16-22(24)23(17-19)28-20-13-11-14-21(18-20)29(25,26)27/h11,13-18,24H,2-10,12H2,1H3,(H,25,26,27). The summed E-state index contributed by atoms with van der Waals surface area (Å²) >= 11 is 0. The van der Waals surface area contributed by atoms with Gasteiger partial charge >= 0.3 is 0 Å². The van der Waals surface area contributed by atoms with Gasteiger partial charge in [0.2, 0.25) is 0 Å². The van der Waals surface area contributed by atoms with E-state index in [4.69, 9.17) is 9.29 Å². The van der Waals surface area contributed by atoms with Crippen LogP contribution in [0.1, 0.15) is 70.3 Å². The lowest BCUT2D eigenvalue weighted by Gasteiger charge is -2.10. The summed E-state index contributed by atoms with van der Waals surface area (Å²) in [6, 6.07) is 10.8. The highest BCUT2D eigenvalue weighted by atomic mass is 32.2. The van der Waals surface area contributed by atoms with Gasteiger partial charge in [-0.05, 0) is 42.7 Å². The number of phenols is 1. The van der Waals surface area contributed by atoms with Crippen LogP contribution in [0.15, 0.2) is 47.4 Å². The number of hydrogen-bond acceptors (Lipinski definition) is 4. The number of benzene rings is 2. The van der Waals surface area contributed by atoms with Crippen LogP contribution in [-0.2, 0) is 16.5 Å². The van der Waals surface area contributed by atoms with Gasteiger partial charge < -0.3 is 9.84 Å². The zero-order chi connectivity index (χ0) is 21.1. The molecule has 6 heteroatoms. The first-order valence-corrected chi connectivity index (χ1v) is 11.9. The Morgan fingerprint density at radius 1 is 0.862 bits per heavy atom. The summed E-state index contributed by atoms with van der Waals surface area (Å²) in [5.41, 5.74) is 1.06. The van der Waals surface area contributed by atoms with Crippen molar-refractivity contribution < 1.29 is 22.8 Å². The van der Waals surface area contributed by atoms with Crippen LogP contribution >= 0.6 is 0 Å². The van der Waals surface area contributed by atoms with Crippen LogP contribution in [0.25, 0.3) is 0 Å². The third kappa shape index (κ3) is 8.46. The molecule has 0 aromatic heterocycles. The second-order valence-corrected chi connectivity index (χ2v) is 8.85. The van der Waals surface area contributed by atoms with E-state index in [2.05, 4.69) is 6.92 Å². The van der Waals surface area contributed by atoms with Crippen LogP contribution < -0.4 is 4.74 Å². The Morgan fingerprint density at radius 3 is 2.17 bits per heavy atom. The molecule has 5 nitrogen and oxygen atoms in total. The van der Waals surface area contributed by atoms with Crippen LogP contribution in [0.5, 0.6) is 17.2 Å². The predicted molar refractivity (Wildman–Crippen MR) is 115 cm³/mol. The zero-order valence-electron chi connectivity index (χ0n) is 17.1. The molecule has 0 amide bonds. The van der Waals surface area contributed by atoms with E-state index >= 15 is 0 Å². The maximum Gasteiger partial charge on any atom is 0.294 e. The Labute approximate surface area is 174 Å². The largest absolute Gasteiger partial charge is 0.504 e. The number of phenolic OH excluding ortho intramolecular Hbond substituents is 1. The molecule has 0 atom stereocenters. The van der Waals surface area contributed by atoms with E-state index in [1.165, 1.54) is 69.6 Å². The Balaban J connectivity index is 1.84. The van der Waals surface area contributed by atoms with Gasteiger partial charge in [-0.3, -0.25) is 4.55 Å². The van der Waals surface area contributed by atoms with Crippen molar-refractivity contribution in [3.05, 3.63) is 48.0 Å². The van der Waals surface area contributed by atoms with Crippen molar-refractivity contribution in [3.8, 4) is 17.2 Å².